The number of benzene rings is 2. The SMILES string of the molecule is Cc1cccc(C)c1NC(=O)CNC(=O)C[NH+]1CC[NH+](CCOc2ccccc2)CC1. The Morgan fingerprint density at radius 2 is 1.52 bits per heavy atom. The molecule has 0 aliphatic carbocycles. The third kappa shape index (κ3) is 7.38. The van der Waals surface area contributed by atoms with Crippen molar-refractivity contribution in [3.63, 3.8) is 0 Å². The first-order valence-corrected chi connectivity index (χ1v) is 11.0. The Labute approximate surface area is 184 Å². The van der Waals surface area contributed by atoms with E-state index in [0.717, 1.165) is 55.3 Å². The second-order valence-corrected chi connectivity index (χ2v) is 8.18. The van der Waals surface area contributed by atoms with Gasteiger partial charge in [0.15, 0.2) is 6.54 Å². The van der Waals surface area contributed by atoms with Crippen LogP contribution in [0.3, 0.4) is 0 Å². The smallest absolute Gasteiger partial charge is 0.275 e. The lowest BCUT2D eigenvalue weighted by Gasteiger charge is -2.29. The van der Waals surface area contributed by atoms with Crippen LogP contribution in [0.4, 0.5) is 5.69 Å². The number of carbonyl (C=O) groups is 2. The minimum Gasteiger partial charge on any atom is -0.488 e. The van der Waals surface area contributed by atoms with Crippen LogP contribution in [0.5, 0.6) is 5.75 Å². The normalized spacial score (nSPS) is 18.3. The quantitative estimate of drug-likeness (QED) is 0.425. The molecule has 0 bridgehead atoms. The highest BCUT2D eigenvalue weighted by Crippen LogP contribution is 2.18. The van der Waals surface area contributed by atoms with Crippen molar-refractivity contribution in [1.82, 2.24) is 5.32 Å². The Hall–Kier alpha value is -2.90. The number of para-hydroxylation sites is 2. The monoisotopic (exact) mass is 426 g/mol. The molecule has 2 amide bonds. The fourth-order valence-electron chi connectivity index (χ4n) is 3.88. The van der Waals surface area contributed by atoms with Gasteiger partial charge in [-0.2, -0.15) is 0 Å². The zero-order valence-electron chi connectivity index (χ0n) is 18.5. The van der Waals surface area contributed by atoms with Crippen molar-refractivity contribution >= 4 is 17.5 Å². The molecule has 0 aromatic heterocycles. The Balaban J connectivity index is 1.30. The van der Waals surface area contributed by atoms with E-state index in [-0.39, 0.29) is 18.4 Å². The van der Waals surface area contributed by atoms with Gasteiger partial charge in [0.05, 0.1) is 6.54 Å². The van der Waals surface area contributed by atoms with Gasteiger partial charge in [0.1, 0.15) is 45.1 Å². The van der Waals surface area contributed by atoms with Gasteiger partial charge in [-0.25, -0.2) is 0 Å². The van der Waals surface area contributed by atoms with Crippen LogP contribution >= 0.6 is 0 Å². The van der Waals surface area contributed by atoms with Crippen LogP contribution < -0.4 is 25.2 Å². The van der Waals surface area contributed by atoms with Gasteiger partial charge < -0.3 is 25.2 Å². The number of hydrogen-bond donors (Lipinski definition) is 4. The molecule has 2 aromatic rings. The molecular weight excluding hydrogens is 392 g/mol. The minimum absolute atomic E-state index is 0.00587. The van der Waals surface area contributed by atoms with E-state index < -0.39 is 0 Å². The number of hydrogen-bond acceptors (Lipinski definition) is 3. The molecule has 166 valence electrons. The van der Waals surface area contributed by atoms with Gasteiger partial charge in [0.25, 0.3) is 5.91 Å². The summed E-state index contributed by atoms with van der Waals surface area (Å²) in [4.78, 5) is 27.3. The number of aryl methyl sites for hydroxylation is 2. The predicted octanol–water partition coefficient (Wildman–Crippen LogP) is -0.779. The number of piperazine rings is 1. The van der Waals surface area contributed by atoms with Crippen molar-refractivity contribution in [2.45, 2.75) is 13.8 Å². The van der Waals surface area contributed by atoms with Crippen LogP contribution in [-0.2, 0) is 9.59 Å². The van der Waals surface area contributed by atoms with Gasteiger partial charge >= 0.3 is 0 Å². The molecule has 1 aliphatic rings. The highest BCUT2D eigenvalue weighted by Gasteiger charge is 2.24. The summed E-state index contributed by atoms with van der Waals surface area (Å²) in [6, 6.07) is 15.7. The van der Waals surface area contributed by atoms with Crippen molar-refractivity contribution in [3.05, 3.63) is 59.7 Å². The van der Waals surface area contributed by atoms with E-state index in [2.05, 4.69) is 10.6 Å². The maximum absolute atomic E-state index is 12.3. The third-order valence-corrected chi connectivity index (χ3v) is 5.73. The summed E-state index contributed by atoms with van der Waals surface area (Å²) in [7, 11) is 0. The molecule has 4 N–H and O–H groups in total. The van der Waals surface area contributed by atoms with Gasteiger partial charge in [-0.15, -0.1) is 0 Å². The van der Waals surface area contributed by atoms with Crippen molar-refractivity contribution in [2.24, 2.45) is 0 Å². The summed E-state index contributed by atoms with van der Waals surface area (Å²) in [5, 5.41) is 5.65. The average Bonchev–Trinajstić information content (AvgIpc) is 2.77. The molecule has 0 saturated carbocycles. The summed E-state index contributed by atoms with van der Waals surface area (Å²) < 4.78 is 5.78. The van der Waals surface area contributed by atoms with Gasteiger partial charge in [-0.1, -0.05) is 36.4 Å². The molecule has 0 unspecified atom stereocenters. The summed E-state index contributed by atoms with van der Waals surface area (Å²) >= 11 is 0. The fourth-order valence-corrected chi connectivity index (χ4v) is 3.88. The number of quaternary nitrogens is 2. The first kappa shape index (κ1) is 22.8. The van der Waals surface area contributed by atoms with Gasteiger partial charge in [0, 0.05) is 5.69 Å². The zero-order chi connectivity index (χ0) is 22.1. The predicted molar refractivity (Wildman–Crippen MR) is 121 cm³/mol. The highest BCUT2D eigenvalue weighted by molar-refractivity contribution is 5.95. The molecular formula is C24H34N4O3+2. The van der Waals surface area contributed by atoms with E-state index in [1.165, 1.54) is 9.80 Å². The summed E-state index contributed by atoms with van der Waals surface area (Å²) in [5.41, 5.74) is 2.85. The molecule has 1 heterocycles. The van der Waals surface area contributed by atoms with Gasteiger partial charge in [-0.05, 0) is 37.1 Å². The summed E-state index contributed by atoms with van der Waals surface area (Å²) in [5.74, 6) is 0.625. The van der Waals surface area contributed by atoms with Crippen LogP contribution in [0.25, 0.3) is 0 Å². The summed E-state index contributed by atoms with van der Waals surface area (Å²) in [6.07, 6.45) is 0. The van der Waals surface area contributed by atoms with Gasteiger partial charge in [0.2, 0.25) is 5.91 Å². The number of nitrogens with one attached hydrogen (secondary N) is 4. The molecule has 3 rings (SSSR count). The highest BCUT2D eigenvalue weighted by atomic mass is 16.5. The maximum atomic E-state index is 12.3. The van der Waals surface area contributed by atoms with E-state index in [9.17, 15) is 9.59 Å². The van der Waals surface area contributed by atoms with Crippen molar-refractivity contribution < 1.29 is 24.1 Å². The first-order valence-electron chi connectivity index (χ1n) is 11.0. The standard InChI is InChI=1S/C24H32N4O3/c1-19-7-6-8-20(2)24(19)26-22(29)17-25-23(30)18-28-13-11-27(12-14-28)15-16-31-21-9-4-3-5-10-21/h3-10H,11-18H2,1-2H3,(H,25,30)(H,26,29)/p+2. The first-order chi connectivity index (χ1) is 15.0. The molecule has 7 heteroatoms. The van der Waals surface area contributed by atoms with E-state index in [0.29, 0.717) is 13.2 Å². The molecule has 2 aromatic carbocycles. The van der Waals surface area contributed by atoms with E-state index in [1.54, 1.807) is 0 Å². The Bertz CT molecular complexity index is 844. The largest absolute Gasteiger partial charge is 0.488 e. The fraction of sp³-hybridized carbons (Fsp3) is 0.417. The third-order valence-electron chi connectivity index (χ3n) is 5.73. The molecule has 1 saturated heterocycles. The van der Waals surface area contributed by atoms with Crippen molar-refractivity contribution in [1.29, 1.82) is 0 Å². The Morgan fingerprint density at radius 1 is 0.871 bits per heavy atom. The minimum atomic E-state index is -0.201. The molecule has 0 atom stereocenters. The average molecular weight is 427 g/mol. The second-order valence-electron chi connectivity index (χ2n) is 8.18. The zero-order valence-corrected chi connectivity index (χ0v) is 18.5. The second kappa shape index (κ2) is 11.5. The number of rotatable bonds is 9. The van der Waals surface area contributed by atoms with Crippen LogP contribution in [0.15, 0.2) is 48.5 Å². The molecule has 0 spiro atoms. The van der Waals surface area contributed by atoms with E-state index >= 15 is 0 Å². The number of carbonyl (C=O) groups excluding carboxylic acids is 2. The molecule has 0 radical (unpaired) electrons. The van der Waals surface area contributed by atoms with Gasteiger partial charge in [-0.3, -0.25) is 9.59 Å². The molecule has 7 nitrogen and oxygen atoms in total. The Kier molecular flexibility index (Phi) is 8.44. The van der Waals surface area contributed by atoms with Crippen molar-refractivity contribution in [2.75, 3.05) is 57.7 Å². The molecule has 1 aliphatic heterocycles. The summed E-state index contributed by atoms with van der Waals surface area (Å²) in [6.45, 7) is 9.92. The molecule has 1 fully saturated rings. The van der Waals surface area contributed by atoms with E-state index in [4.69, 9.17) is 4.74 Å². The number of amides is 2. The lowest BCUT2D eigenvalue weighted by atomic mass is 10.1. The van der Waals surface area contributed by atoms with Crippen LogP contribution in [0.2, 0.25) is 0 Å². The number of anilines is 1. The lowest BCUT2D eigenvalue weighted by Crippen LogP contribution is -3.28. The lowest BCUT2D eigenvalue weighted by molar-refractivity contribution is -1.01. The number of ether oxygens (including phenoxy) is 1. The van der Waals surface area contributed by atoms with Crippen LogP contribution in [-0.4, -0.2) is 64.2 Å². The topological polar surface area (TPSA) is 76.3 Å². The van der Waals surface area contributed by atoms with Crippen molar-refractivity contribution in [3.8, 4) is 5.75 Å². The van der Waals surface area contributed by atoms with E-state index in [1.807, 2.05) is 62.4 Å². The Morgan fingerprint density at radius 3 is 2.19 bits per heavy atom. The van der Waals surface area contributed by atoms with Crippen LogP contribution in [0, 0.1) is 13.8 Å². The maximum Gasteiger partial charge on any atom is 0.275 e. The van der Waals surface area contributed by atoms with Crippen LogP contribution in [0.1, 0.15) is 11.1 Å². The molecule has 31 heavy (non-hydrogen) atoms.